The second-order valence-corrected chi connectivity index (χ2v) is 5.89. The van der Waals surface area contributed by atoms with Crippen LogP contribution in [0.3, 0.4) is 0 Å². The predicted molar refractivity (Wildman–Crippen MR) is 58.5 cm³/mol. The summed E-state index contributed by atoms with van der Waals surface area (Å²) < 4.78 is 1.06. The third-order valence-electron chi connectivity index (χ3n) is 1.43. The van der Waals surface area contributed by atoms with Gasteiger partial charge in [0.1, 0.15) is 5.01 Å². The van der Waals surface area contributed by atoms with Crippen LogP contribution in [0, 0.1) is 6.92 Å². The average molecular weight is 228 g/mol. The maximum absolute atomic E-state index is 4.05. The molecule has 68 valence electrons. The van der Waals surface area contributed by atoms with E-state index in [1.807, 2.05) is 6.92 Å². The summed E-state index contributed by atoms with van der Waals surface area (Å²) in [5, 5.41) is 11.2. The molecule has 2 rings (SSSR count). The van der Waals surface area contributed by atoms with Gasteiger partial charge in [0.15, 0.2) is 4.34 Å². The lowest BCUT2D eigenvalue weighted by atomic mass is 10.5. The molecule has 0 unspecified atom stereocenters. The first kappa shape index (κ1) is 9.18. The van der Waals surface area contributed by atoms with E-state index >= 15 is 0 Å². The molecule has 2 heterocycles. The molecule has 0 atom stereocenters. The number of aryl methyl sites for hydroxylation is 1. The van der Waals surface area contributed by atoms with Crippen molar-refractivity contribution in [2.75, 3.05) is 0 Å². The van der Waals surface area contributed by atoms with E-state index in [-0.39, 0.29) is 0 Å². The molecule has 5 heteroatoms. The lowest BCUT2D eigenvalue weighted by Gasteiger charge is -1.91. The molecule has 0 saturated heterocycles. The summed E-state index contributed by atoms with van der Waals surface area (Å²) in [5.74, 6) is 1.01. The van der Waals surface area contributed by atoms with E-state index < -0.39 is 0 Å². The minimum atomic E-state index is 1.01. The lowest BCUT2D eigenvalue weighted by Crippen LogP contribution is -1.73. The molecule has 0 aliphatic rings. The van der Waals surface area contributed by atoms with Gasteiger partial charge in [0.2, 0.25) is 0 Å². The minimum absolute atomic E-state index is 1.01. The summed E-state index contributed by atoms with van der Waals surface area (Å²) >= 11 is 5.19. The number of aromatic nitrogens is 2. The van der Waals surface area contributed by atoms with Crippen LogP contribution in [0.5, 0.6) is 0 Å². The van der Waals surface area contributed by atoms with Gasteiger partial charge in [0.25, 0.3) is 0 Å². The van der Waals surface area contributed by atoms with Gasteiger partial charge in [-0.15, -0.1) is 21.5 Å². The summed E-state index contributed by atoms with van der Waals surface area (Å²) in [5.41, 5.74) is 0. The highest BCUT2D eigenvalue weighted by atomic mass is 32.2. The molecule has 0 aliphatic heterocycles. The molecule has 0 amide bonds. The Bertz CT molecular complexity index is 366. The molecule has 2 nitrogen and oxygen atoms in total. The van der Waals surface area contributed by atoms with E-state index in [1.54, 1.807) is 34.4 Å². The van der Waals surface area contributed by atoms with Gasteiger partial charge in [-0.2, -0.15) is 0 Å². The molecule has 0 aliphatic carbocycles. The molecule has 2 aromatic heterocycles. The topological polar surface area (TPSA) is 25.8 Å². The smallest absolute Gasteiger partial charge is 0.148 e. The van der Waals surface area contributed by atoms with Crippen LogP contribution in [0.2, 0.25) is 0 Å². The first-order valence-corrected chi connectivity index (χ1v) is 6.48. The summed E-state index contributed by atoms with van der Waals surface area (Å²) in [6, 6.07) is 4.22. The molecular formula is C8H8N2S3. The molecule has 13 heavy (non-hydrogen) atoms. The third kappa shape index (κ3) is 2.52. The number of hydrogen-bond donors (Lipinski definition) is 0. The van der Waals surface area contributed by atoms with Crippen LogP contribution in [0.25, 0.3) is 0 Å². The van der Waals surface area contributed by atoms with E-state index in [1.165, 1.54) is 4.88 Å². The maximum atomic E-state index is 4.05. The molecule has 0 aromatic carbocycles. The Hall–Kier alpha value is -0.390. The Labute approximate surface area is 89.0 Å². The maximum Gasteiger partial charge on any atom is 0.174 e. The molecule has 0 spiro atoms. The second-order valence-electron chi connectivity index (χ2n) is 2.46. The van der Waals surface area contributed by atoms with Crippen molar-refractivity contribution in [2.24, 2.45) is 0 Å². The van der Waals surface area contributed by atoms with Crippen LogP contribution in [-0.2, 0) is 5.75 Å². The average Bonchev–Trinajstić information content (AvgIpc) is 2.71. The van der Waals surface area contributed by atoms with E-state index in [9.17, 15) is 0 Å². The van der Waals surface area contributed by atoms with Crippen molar-refractivity contribution in [1.82, 2.24) is 10.2 Å². The van der Waals surface area contributed by atoms with Gasteiger partial charge < -0.3 is 0 Å². The first-order chi connectivity index (χ1) is 6.34. The normalized spacial score (nSPS) is 10.5. The van der Waals surface area contributed by atoms with Crippen LogP contribution in [-0.4, -0.2) is 10.2 Å². The zero-order valence-electron chi connectivity index (χ0n) is 7.06. The van der Waals surface area contributed by atoms with Crippen LogP contribution in [0.1, 0.15) is 9.88 Å². The summed E-state index contributed by atoms with van der Waals surface area (Å²) in [6.45, 7) is 1.98. The van der Waals surface area contributed by atoms with Crippen molar-refractivity contribution in [1.29, 1.82) is 0 Å². The summed E-state index contributed by atoms with van der Waals surface area (Å²) in [6.07, 6.45) is 0. The van der Waals surface area contributed by atoms with Crippen LogP contribution in [0.15, 0.2) is 21.9 Å². The number of thiophene rings is 1. The molecule has 0 saturated carbocycles. The Kier molecular flexibility index (Phi) is 2.97. The highest BCUT2D eigenvalue weighted by molar-refractivity contribution is 8.00. The van der Waals surface area contributed by atoms with Gasteiger partial charge in [-0.25, -0.2) is 0 Å². The van der Waals surface area contributed by atoms with E-state index in [0.29, 0.717) is 0 Å². The second kappa shape index (κ2) is 4.21. The molecule has 0 radical (unpaired) electrons. The number of rotatable bonds is 3. The van der Waals surface area contributed by atoms with Gasteiger partial charge >= 0.3 is 0 Å². The van der Waals surface area contributed by atoms with Crippen LogP contribution < -0.4 is 0 Å². The third-order valence-corrected chi connectivity index (χ3v) is 4.51. The zero-order valence-corrected chi connectivity index (χ0v) is 9.51. The number of hydrogen-bond acceptors (Lipinski definition) is 5. The monoisotopic (exact) mass is 228 g/mol. The summed E-state index contributed by atoms with van der Waals surface area (Å²) in [7, 11) is 0. The zero-order chi connectivity index (χ0) is 9.10. The fourth-order valence-electron chi connectivity index (χ4n) is 0.864. The standard InChI is InChI=1S/C8H8N2S3/c1-6-9-10-8(13-6)12-5-7-3-2-4-11-7/h2-4H,5H2,1H3. The van der Waals surface area contributed by atoms with Crippen molar-refractivity contribution in [3.05, 3.63) is 27.4 Å². The van der Waals surface area contributed by atoms with Gasteiger partial charge in [-0.05, 0) is 18.4 Å². The van der Waals surface area contributed by atoms with E-state index in [0.717, 1.165) is 15.1 Å². The van der Waals surface area contributed by atoms with Crippen molar-refractivity contribution in [3.8, 4) is 0 Å². The largest absolute Gasteiger partial charge is 0.174 e. The van der Waals surface area contributed by atoms with Gasteiger partial charge in [-0.3, -0.25) is 0 Å². The Morgan fingerprint density at radius 3 is 3.00 bits per heavy atom. The first-order valence-electron chi connectivity index (χ1n) is 3.80. The Morgan fingerprint density at radius 2 is 2.38 bits per heavy atom. The number of thioether (sulfide) groups is 1. The Balaban J connectivity index is 1.93. The highest BCUT2D eigenvalue weighted by Gasteiger charge is 2.01. The molecule has 0 bridgehead atoms. The molecular weight excluding hydrogens is 220 g/mol. The predicted octanol–water partition coefficient (Wildman–Crippen LogP) is 3.20. The SMILES string of the molecule is Cc1nnc(SCc2cccs2)s1. The van der Waals surface area contributed by atoms with Gasteiger partial charge in [0.05, 0.1) is 0 Å². The van der Waals surface area contributed by atoms with E-state index in [2.05, 4.69) is 27.7 Å². The number of nitrogens with zero attached hydrogens (tertiary/aromatic N) is 2. The fraction of sp³-hybridized carbons (Fsp3) is 0.250. The van der Waals surface area contributed by atoms with E-state index in [4.69, 9.17) is 0 Å². The van der Waals surface area contributed by atoms with Crippen molar-refractivity contribution < 1.29 is 0 Å². The van der Waals surface area contributed by atoms with Gasteiger partial charge in [0, 0.05) is 10.6 Å². The van der Waals surface area contributed by atoms with Crippen molar-refractivity contribution in [2.45, 2.75) is 17.0 Å². The molecule has 0 fully saturated rings. The quantitative estimate of drug-likeness (QED) is 0.754. The molecule has 0 N–H and O–H groups in total. The van der Waals surface area contributed by atoms with Crippen LogP contribution in [0.4, 0.5) is 0 Å². The lowest BCUT2D eigenvalue weighted by molar-refractivity contribution is 0.984. The minimum Gasteiger partial charge on any atom is -0.148 e. The van der Waals surface area contributed by atoms with Crippen LogP contribution >= 0.6 is 34.4 Å². The van der Waals surface area contributed by atoms with Crippen molar-refractivity contribution >= 4 is 34.4 Å². The fourth-order valence-corrected chi connectivity index (χ4v) is 3.45. The summed E-state index contributed by atoms with van der Waals surface area (Å²) in [4.78, 5) is 1.39. The highest BCUT2D eigenvalue weighted by Crippen LogP contribution is 2.26. The van der Waals surface area contributed by atoms with Crippen molar-refractivity contribution in [3.63, 3.8) is 0 Å². The Morgan fingerprint density at radius 1 is 1.46 bits per heavy atom. The molecule has 2 aromatic rings. The van der Waals surface area contributed by atoms with Gasteiger partial charge in [-0.1, -0.05) is 29.2 Å².